The van der Waals surface area contributed by atoms with E-state index in [0.717, 1.165) is 79.4 Å². The average Bonchev–Trinajstić information content (AvgIpc) is 3.60. The maximum atomic E-state index is 14.2. The molecular formula is C36H37ClN4O5S2. The van der Waals surface area contributed by atoms with E-state index in [9.17, 15) is 17.8 Å². The Morgan fingerprint density at radius 1 is 0.958 bits per heavy atom. The van der Waals surface area contributed by atoms with Gasteiger partial charge in [-0.15, -0.1) is 11.3 Å². The molecule has 6 aromatic rings. The highest BCUT2D eigenvalue weighted by Gasteiger charge is 2.23. The van der Waals surface area contributed by atoms with Crippen LogP contribution in [0.2, 0.25) is 5.02 Å². The molecule has 250 valence electrons. The summed E-state index contributed by atoms with van der Waals surface area (Å²) in [7, 11) is -4.41. The highest BCUT2D eigenvalue weighted by molar-refractivity contribution is 7.88. The summed E-state index contributed by atoms with van der Waals surface area (Å²) in [5.74, 6) is 1.28. The Hall–Kier alpha value is -4.29. The number of nitrogens with zero attached hydrogens (tertiary/aromatic N) is 3. The first-order chi connectivity index (χ1) is 22.7. The van der Waals surface area contributed by atoms with Crippen LogP contribution in [0.4, 0.5) is 5.82 Å². The monoisotopic (exact) mass is 704 g/mol. The van der Waals surface area contributed by atoms with Gasteiger partial charge in [0.2, 0.25) is 0 Å². The number of nitrogens with two attached hydrogens (primary N) is 1. The lowest BCUT2D eigenvalue weighted by atomic mass is 9.96. The van der Waals surface area contributed by atoms with Crippen LogP contribution in [-0.2, 0) is 29.5 Å². The van der Waals surface area contributed by atoms with E-state index in [1.807, 2.05) is 70.2 Å². The summed E-state index contributed by atoms with van der Waals surface area (Å²) in [5.41, 5.74) is 12.9. The number of aromatic nitrogens is 3. The van der Waals surface area contributed by atoms with Crippen LogP contribution < -0.4 is 11.3 Å². The predicted molar refractivity (Wildman–Crippen MR) is 194 cm³/mol. The Balaban J connectivity index is 0.000000494. The van der Waals surface area contributed by atoms with Crippen LogP contribution in [0.1, 0.15) is 52.6 Å². The first-order valence-corrected chi connectivity index (χ1v) is 18.0. The van der Waals surface area contributed by atoms with Gasteiger partial charge >= 0.3 is 10.1 Å². The van der Waals surface area contributed by atoms with Crippen LogP contribution in [-0.4, -0.2) is 27.7 Å². The maximum absolute atomic E-state index is 14.2. The van der Waals surface area contributed by atoms with Crippen LogP contribution in [0.3, 0.4) is 0 Å². The molecule has 0 aliphatic carbocycles. The number of pyridine rings is 2. The van der Waals surface area contributed by atoms with Gasteiger partial charge in [-0.2, -0.15) is 8.42 Å². The molecule has 0 fully saturated rings. The van der Waals surface area contributed by atoms with Crippen LogP contribution >= 0.6 is 22.9 Å². The largest absolute Gasteiger partial charge is 0.381 e. The molecule has 6 rings (SSSR count). The van der Waals surface area contributed by atoms with Gasteiger partial charge in [-0.3, -0.25) is 14.3 Å². The minimum absolute atomic E-state index is 0.103. The summed E-state index contributed by atoms with van der Waals surface area (Å²) in [6, 6.07) is 18.7. The number of fused-ring (bicyclic) bond motifs is 1. The SMILES string of the molecule is CCc1cc2c(c(CC)n1)c(C)c(-c1ccccc1)c(=O)n2Cc1ccc(-c2cc(C)sc2S(=O)(=O)O)c(Cl)c1.Cc1onc(N)c1C. The van der Waals surface area contributed by atoms with Crippen molar-refractivity contribution >= 4 is 49.8 Å². The van der Waals surface area contributed by atoms with Gasteiger partial charge in [0, 0.05) is 43.4 Å². The number of rotatable bonds is 7. The maximum Gasteiger partial charge on any atom is 0.304 e. The highest BCUT2D eigenvalue weighted by Crippen LogP contribution is 2.39. The van der Waals surface area contributed by atoms with Crippen molar-refractivity contribution in [3.63, 3.8) is 0 Å². The lowest BCUT2D eigenvalue weighted by Crippen LogP contribution is -2.25. The van der Waals surface area contributed by atoms with E-state index in [4.69, 9.17) is 26.8 Å². The molecule has 3 N–H and O–H groups in total. The summed E-state index contributed by atoms with van der Waals surface area (Å²) in [6.45, 7) is 11.9. The van der Waals surface area contributed by atoms with E-state index >= 15 is 0 Å². The van der Waals surface area contributed by atoms with Crippen molar-refractivity contribution in [2.24, 2.45) is 0 Å². The second kappa shape index (κ2) is 14.1. The second-order valence-corrected chi connectivity index (χ2v) is 14.8. The molecule has 0 spiro atoms. The fourth-order valence-corrected chi connectivity index (χ4v) is 8.01. The molecule has 0 aliphatic rings. The number of halogens is 1. The fraction of sp³-hybridized carbons (Fsp3) is 0.250. The van der Waals surface area contributed by atoms with E-state index in [1.54, 1.807) is 29.7 Å². The van der Waals surface area contributed by atoms with E-state index in [0.29, 0.717) is 27.5 Å². The lowest BCUT2D eigenvalue weighted by Gasteiger charge is -2.19. The highest BCUT2D eigenvalue weighted by atomic mass is 35.5. The molecular weight excluding hydrogens is 668 g/mol. The molecule has 4 aromatic heterocycles. The van der Waals surface area contributed by atoms with Gasteiger partial charge in [-0.1, -0.05) is 73.1 Å². The Labute approximate surface area is 288 Å². The summed E-state index contributed by atoms with van der Waals surface area (Å²) >= 11 is 7.69. The molecule has 9 nitrogen and oxygen atoms in total. The summed E-state index contributed by atoms with van der Waals surface area (Å²) in [6.07, 6.45) is 1.47. The predicted octanol–water partition coefficient (Wildman–Crippen LogP) is 8.36. The van der Waals surface area contributed by atoms with Crippen molar-refractivity contribution in [1.29, 1.82) is 0 Å². The van der Waals surface area contributed by atoms with Gasteiger partial charge in [-0.05, 0) is 75.4 Å². The fourth-order valence-electron chi connectivity index (χ4n) is 5.69. The van der Waals surface area contributed by atoms with Crippen molar-refractivity contribution in [2.75, 3.05) is 5.73 Å². The van der Waals surface area contributed by atoms with E-state index < -0.39 is 10.1 Å². The van der Waals surface area contributed by atoms with Crippen molar-refractivity contribution in [3.05, 3.63) is 115 Å². The van der Waals surface area contributed by atoms with E-state index in [2.05, 4.69) is 12.1 Å². The van der Waals surface area contributed by atoms with Gasteiger partial charge in [0.15, 0.2) is 10.0 Å². The summed E-state index contributed by atoms with van der Waals surface area (Å²) < 4.78 is 40.1. The van der Waals surface area contributed by atoms with Crippen LogP contribution in [0.5, 0.6) is 0 Å². The van der Waals surface area contributed by atoms with Crippen LogP contribution in [0.25, 0.3) is 33.2 Å². The quantitative estimate of drug-likeness (QED) is 0.158. The third kappa shape index (κ3) is 6.95. The third-order valence-electron chi connectivity index (χ3n) is 8.30. The molecule has 0 aliphatic heterocycles. The minimum Gasteiger partial charge on any atom is -0.381 e. The zero-order valence-corrected chi connectivity index (χ0v) is 30.0. The lowest BCUT2D eigenvalue weighted by molar-refractivity contribution is 0.399. The van der Waals surface area contributed by atoms with Crippen molar-refractivity contribution in [2.45, 2.75) is 65.1 Å². The number of thiophene rings is 1. The number of hydrogen-bond donors (Lipinski definition) is 2. The number of anilines is 1. The smallest absolute Gasteiger partial charge is 0.304 e. The van der Waals surface area contributed by atoms with Crippen LogP contribution in [0, 0.1) is 27.7 Å². The van der Waals surface area contributed by atoms with Gasteiger partial charge in [0.05, 0.1) is 17.6 Å². The number of nitrogen functional groups attached to an aromatic ring is 1. The molecule has 48 heavy (non-hydrogen) atoms. The average molecular weight is 705 g/mol. The standard InChI is InChI=1S/C31H29ClN2O4S2.C5H8N2O/c1-5-22-16-27-29(26(6-2)33-22)19(4)28(21-10-8-7-9-11-21)30(35)34(27)17-20-12-13-23(25(32)15-20)24-14-18(3)39-31(24)40(36,37)38;1-3-4(2)8-7-5(3)6/h7-16H,5-6,17H2,1-4H3,(H,36,37,38);1-2H3,(H2,6,7). The molecule has 4 heterocycles. The molecule has 0 saturated carbocycles. The van der Waals surface area contributed by atoms with Crippen molar-refractivity contribution in [1.82, 2.24) is 14.7 Å². The summed E-state index contributed by atoms with van der Waals surface area (Å²) in [5, 5.41) is 4.83. The molecule has 12 heteroatoms. The normalized spacial score (nSPS) is 11.5. The zero-order valence-electron chi connectivity index (χ0n) is 27.6. The zero-order chi connectivity index (χ0) is 34.9. The second-order valence-electron chi connectivity index (χ2n) is 11.5. The first-order valence-electron chi connectivity index (χ1n) is 15.4. The van der Waals surface area contributed by atoms with Crippen molar-refractivity contribution < 1.29 is 17.5 Å². The van der Waals surface area contributed by atoms with Gasteiger partial charge < -0.3 is 14.8 Å². The number of benzene rings is 2. The third-order valence-corrected chi connectivity index (χ3v) is 11.0. The first kappa shape index (κ1) is 35.0. The number of aryl methyl sites for hydroxylation is 5. The summed E-state index contributed by atoms with van der Waals surface area (Å²) in [4.78, 5) is 19.8. The molecule has 0 bridgehead atoms. The molecule has 0 atom stereocenters. The van der Waals surface area contributed by atoms with Gasteiger partial charge in [0.1, 0.15) is 5.76 Å². The molecule has 2 aromatic carbocycles. The Morgan fingerprint density at radius 3 is 2.21 bits per heavy atom. The van der Waals surface area contributed by atoms with E-state index in [-0.39, 0.29) is 16.3 Å². The molecule has 0 radical (unpaired) electrons. The Morgan fingerprint density at radius 2 is 1.67 bits per heavy atom. The molecule has 0 unspecified atom stereocenters. The van der Waals surface area contributed by atoms with Gasteiger partial charge in [0.25, 0.3) is 5.56 Å². The molecule has 0 saturated heterocycles. The Bertz CT molecular complexity index is 2290. The molecule has 0 amide bonds. The van der Waals surface area contributed by atoms with E-state index in [1.165, 1.54) is 0 Å². The van der Waals surface area contributed by atoms with Crippen LogP contribution in [0.15, 0.2) is 74.2 Å². The van der Waals surface area contributed by atoms with Gasteiger partial charge in [-0.25, -0.2) is 0 Å². The van der Waals surface area contributed by atoms with Crippen molar-refractivity contribution in [3.8, 4) is 22.3 Å². The number of hydrogen-bond acceptors (Lipinski definition) is 8. The topological polar surface area (TPSA) is 141 Å². The Kier molecular flexibility index (Phi) is 10.3. The minimum atomic E-state index is -4.41.